The van der Waals surface area contributed by atoms with Crippen molar-refractivity contribution in [3.05, 3.63) is 70.3 Å². The van der Waals surface area contributed by atoms with Gasteiger partial charge in [-0.25, -0.2) is 0 Å². The average molecular weight is 479 g/mol. The minimum absolute atomic E-state index is 0.0149. The Kier molecular flexibility index (Phi) is 4.55. The van der Waals surface area contributed by atoms with Crippen LogP contribution < -0.4 is 9.64 Å². The van der Waals surface area contributed by atoms with Crippen LogP contribution in [0.25, 0.3) is 11.1 Å². The van der Waals surface area contributed by atoms with Crippen molar-refractivity contribution in [3.8, 4) is 22.6 Å². The number of likely N-dealkylation sites (N-methyl/N-ethyl adjacent to an activating group) is 1. The van der Waals surface area contributed by atoms with Gasteiger partial charge in [-0.1, -0.05) is 24.3 Å². The molecule has 0 saturated heterocycles. The Balaban J connectivity index is 1.66. The van der Waals surface area contributed by atoms with Gasteiger partial charge in [0.15, 0.2) is 11.5 Å². The van der Waals surface area contributed by atoms with Crippen molar-refractivity contribution in [1.82, 2.24) is 4.90 Å². The van der Waals surface area contributed by atoms with Crippen LogP contribution >= 0.6 is 0 Å². The van der Waals surface area contributed by atoms with Gasteiger partial charge >= 0.3 is 0 Å². The van der Waals surface area contributed by atoms with Crippen molar-refractivity contribution in [2.45, 2.75) is 29.9 Å². The van der Waals surface area contributed by atoms with E-state index in [-0.39, 0.29) is 22.4 Å². The Morgan fingerprint density at radius 2 is 1.82 bits per heavy atom. The van der Waals surface area contributed by atoms with Gasteiger partial charge in [0.05, 0.1) is 0 Å². The van der Waals surface area contributed by atoms with E-state index in [1.165, 1.54) is 11.1 Å². The molecular formula is C26H26N2O5S. The van der Waals surface area contributed by atoms with E-state index in [2.05, 4.69) is 17.0 Å². The Bertz CT molecular complexity index is 1450. The number of anilines is 1. The minimum Gasteiger partial charge on any atom is -0.504 e. The lowest BCUT2D eigenvalue weighted by Gasteiger charge is -2.44. The van der Waals surface area contributed by atoms with Gasteiger partial charge in [0, 0.05) is 49.6 Å². The van der Waals surface area contributed by atoms with Gasteiger partial charge in [0.1, 0.15) is 11.0 Å². The van der Waals surface area contributed by atoms with Gasteiger partial charge in [0.25, 0.3) is 10.1 Å². The van der Waals surface area contributed by atoms with Crippen molar-refractivity contribution in [1.29, 1.82) is 0 Å². The van der Waals surface area contributed by atoms with E-state index >= 15 is 0 Å². The molecule has 2 atom stereocenters. The molecule has 0 aromatic heterocycles. The summed E-state index contributed by atoms with van der Waals surface area (Å²) in [6.07, 6.45) is 0.863. The number of aromatic hydroxyl groups is 1. The van der Waals surface area contributed by atoms with E-state index in [1.54, 1.807) is 0 Å². The normalized spacial score (nSPS) is 20.5. The maximum absolute atomic E-state index is 12.3. The molecule has 8 heteroatoms. The largest absolute Gasteiger partial charge is 0.504 e. The fourth-order valence-corrected chi connectivity index (χ4v) is 6.52. The summed E-state index contributed by atoms with van der Waals surface area (Å²) in [4.78, 5) is 4.02. The van der Waals surface area contributed by atoms with Crippen LogP contribution in [0.5, 0.6) is 11.5 Å². The molecule has 7 nitrogen and oxygen atoms in total. The standard InChI is InChI=1S/C26H26N2O5S/c1-27(2)16-7-4-15(5-8-16)25-17-9-6-14-10-11-28(3)19-12-18-21(34(30,31)32)13-20(29)26(33-25)24(18)23(17)22(14)19/h4-9,13,19,25,29H,10-12H2,1-3H3,(H,30,31,32)/t19-,25-/m1/s1. The molecule has 0 fully saturated rings. The smallest absolute Gasteiger partial charge is 0.294 e. The predicted octanol–water partition coefficient (Wildman–Crippen LogP) is 3.94. The van der Waals surface area contributed by atoms with Crippen LogP contribution in [0.1, 0.15) is 40.0 Å². The SMILES string of the molecule is CN(C)c1ccc([C@H]2Oc3c(O)cc(S(=O)(=O)O)c4c3-c3c2ccc2c3[C@@H](C4)N(C)CC2)cc1. The fraction of sp³-hybridized carbons (Fsp3) is 0.308. The van der Waals surface area contributed by atoms with Crippen LogP contribution in [-0.2, 0) is 23.0 Å². The van der Waals surface area contributed by atoms with E-state index in [0.29, 0.717) is 17.5 Å². The third kappa shape index (κ3) is 2.99. The molecule has 1 aliphatic carbocycles. The summed E-state index contributed by atoms with van der Waals surface area (Å²) in [5, 5.41) is 10.9. The second kappa shape index (κ2) is 7.21. The molecule has 176 valence electrons. The summed E-state index contributed by atoms with van der Waals surface area (Å²) in [5.41, 5.74) is 7.38. The number of rotatable bonds is 3. The number of hydrogen-bond acceptors (Lipinski definition) is 6. The molecule has 3 aliphatic rings. The molecule has 0 bridgehead atoms. The third-order valence-electron chi connectivity index (χ3n) is 7.45. The third-order valence-corrected chi connectivity index (χ3v) is 8.37. The highest BCUT2D eigenvalue weighted by Gasteiger charge is 2.43. The first-order valence-electron chi connectivity index (χ1n) is 11.3. The molecule has 3 aromatic rings. The second-order valence-corrected chi connectivity index (χ2v) is 11.0. The maximum Gasteiger partial charge on any atom is 0.294 e. The molecule has 3 aromatic carbocycles. The van der Waals surface area contributed by atoms with E-state index in [1.807, 2.05) is 50.3 Å². The lowest BCUT2D eigenvalue weighted by molar-refractivity contribution is 0.213. The minimum atomic E-state index is -4.53. The first-order chi connectivity index (χ1) is 16.1. The summed E-state index contributed by atoms with van der Waals surface area (Å²) < 4.78 is 41.0. The summed E-state index contributed by atoms with van der Waals surface area (Å²) in [6.45, 7) is 0.865. The number of hydrogen-bond donors (Lipinski definition) is 2. The quantitative estimate of drug-likeness (QED) is 0.551. The van der Waals surface area contributed by atoms with Crippen molar-refractivity contribution in [2.75, 3.05) is 32.6 Å². The highest BCUT2D eigenvalue weighted by Crippen LogP contribution is 2.58. The van der Waals surface area contributed by atoms with Crippen LogP contribution in [0.2, 0.25) is 0 Å². The summed E-state index contributed by atoms with van der Waals surface area (Å²) in [7, 11) is 1.48. The maximum atomic E-state index is 12.3. The van der Waals surface area contributed by atoms with Crippen molar-refractivity contribution in [2.24, 2.45) is 0 Å². The van der Waals surface area contributed by atoms with Crippen molar-refractivity contribution in [3.63, 3.8) is 0 Å². The molecule has 0 amide bonds. The number of phenolic OH excluding ortho intramolecular Hbond substituents is 1. The second-order valence-electron chi connectivity index (χ2n) is 9.59. The fourth-order valence-electron chi connectivity index (χ4n) is 5.76. The monoisotopic (exact) mass is 478 g/mol. The lowest BCUT2D eigenvalue weighted by atomic mass is 9.73. The molecule has 0 radical (unpaired) electrons. The van der Waals surface area contributed by atoms with Crippen molar-refractivity contribution < 1.29 is 22.8 Å². The lowest BCUT2D eigenvalue weighted by Crippen LogP contribution is -2.37. The van der Waals surface area contributed by atoms with Gasteiger partial charge in [-0.3, -0.25) is 9.45 Å². The molecule has 6 rings (SSSR count). The van der Waals surface area contributed by atoms with Crippen LogP contribution in [0.3, 0.4) is 0 Å². The number of ether oxygens (including phenoxy) is 1. The van der Waals surface area contributed by atoms with Crippen molar-refractivity contribution >= 4 is 15.8 Å². The molecule has 2 heterocycles. The molecule has 2 aliphatic heterocycles. The predicted molar refractivity (Wildman–Crippen MR) is 129 cm³/mol. The Labute approximate surface area is 199 Å². The number of nitrogens with zero attached hydrogens (tertiary/aromatic N) is 2. The zero-order chi connectivity index (χ0) is 23.9. The zero-order valence-electron chi connectivity index (χ0n) is 19.2. The Morgan fingerprint density at radius 3 is 2.50 bits per heavy atom. The van der Waals surface area contributed by atoms with Gasteiger partial charge in [0.2, 0.25) is 0 Å². The molecule has 34 heavy (non-hydrogen) atoms. The zero-order valence-corrected chi connectivity index (χ0v) is 20.1. The van der Waals surface area contributed by atoms with E-state index in [0.717, 1.165) is 41.4 Å². The average Bonchev–Trinajstić information content (AvgIpc) is 2.80. The van der Waals surface area contributed by atoms with Crippen LogP contribution in [0.15, 0.2) is 47.4 Å². The van der Waals surface area contributed by atoms with Gasteiger partial charge in [-0.05, 0) is 59.8 Å². The molecule has 2 N–H and O–H groups in total. The van der Waals surface area contributed by atoms with Gasteiger partial charge in [-0.2, -0.15) is 8.42 Å². The molecule has 0 saturated carbocycles. The topological polar surface area (TPSA) is 90.3 Å². The number of benzene rings is 3. The van der Waals surface area contributed by atoms with Crippen LogP contribution in [0, 0.1) is 0 Å². The summed E-state index contributed by atoms with van der Waals surface area (Å²) in [5.74, 6) is -0.0104. The molecular weight excluding hydrogens is 452 g/mol. The first-order valence-corrected chi connectivity index (χ1v) is 12.8. The highest BCUT2D eigenvalue weighted by atomic mass is 32.2. The van der Waals surface area contributed by atoms with Crippen LogP contribution in [0.4, 0.5) is 5.69 Å². The van der Waals surface area contributed by atoms with E-state index in [9.17, 15) is 18.1 Å². The highest BCUT2D eigenvalue weighted by molar-refractivity contribution is 7.85. The summed E-state index contributed by atoms with van der Waals surface area (Å²) in [6, 6.07) is 13.4. The van der Waals surface area contributed by atoms with Gasteiger partial charge in [-0.15, -0.1) is 0 Å². The summed E-state index contributed by atoms with van der Waals surface area (Å²) >= 11 is 0. The van der Waals surface area contributed by atoms with E-state index in [4.69, 9.17) is 4.74 Å². The molecule has 0 unspecified atom stereocenters. The first kappa shape index (κ1) is 21.5. The van der Waals surface area contributed by atoms with Crippen LogP contribution in [-0.4, -0.2) is 50.7 Å². The molecule has 0 spiro atoms. The van der Waals surface area contributed by atoms with Gasteiger partial charge < -0.3 is 14.7 Å². The van der Waals surface area contributed by atoms with E-state index < -0.39 is 16.2 Å². The Hall–Kier alpha value is -3.07. The Morgan fingerprint density at radius 1 is 1.09 bits per heavy atom. The number of phenols is 1.